The highest BCUT2D eigenvalue weighted by atomic mass is 79.9. The van der Waals surface area contributed by atoms with Crippen molar-refractivity contribution in [2.24, 2.45) is 11.8 Å². The Hall–Kier alpha value is -1.97. The maximum Gasteiger partial charge on any atom is 0.245 e. The molecule has 1 aromatic rings. The average Bonchev–Trinajstić information content (AvgIpc) is 3.43. The van der Waals surface area contributed by atoms with E-state index in [1.165, 1.54) is 4.90 Å². The summed E-state index contributed by atoms with van der Waals surface area (Å²) in [4.78, 5) is 41.8. The zero-order valence-corrected chi connectivity index (χ0v) is 21.3. The van der Waals surface area contributed by atoms with Crippen LogP contribution in [0.2, 0.25) is 0 Å². The van der Waals surface area contributed by atoms with Crippen LogP contribution < -0.4 is 10.6 Å². The Labute approximate surface area is 208 Å². The maximum atomic E-state index is 14.0. The molecule has 3 N–H and O–H groups in total. The second-order valence-corrected chi connectivity index (χ2v) is 10.7. The van der Waals surface area contributed by atoms with Crippen molar-refractivity contribution >= 4 is 33.7 Å². The fraction of sp³-hybridized carbons (Fsp3) is 0.640. The lowest BCUT2D eigenvalue weighted by Gasteiger charge is -2.37. The Morgan fingerprint density at radius 3 is 2.65 bits per heavy atom. The first kappa shape index (κ1) is 25.1. The molecule has 3 amide bonds. The number of amides is 3. The SMILES string of the molecule is CCCCCNC(=O)C1N([C@@H](CO)Cc2ccccc2)C(=O)[C@@H]2[C@H](C(=O)NC)[C@H]3OC12CC3Br. The predicted octanol–water partition coefficient (Wildman–Crippen LogP) is 1.39. The van der Waals surface area contributed by atoms with Gasteiger partial charge >= 0.3 is 0 Å². The summed E-state index contributed by atoms with van der Waals surface area (Å²) in [6.45, 7) is 2.31. The largest absolute Gasteiger partial charge is 0.394 e. The van der Waals surface area contributed by atoms with Gasteiger partial charge in [0.15, 0.2) is 0 Å². The highest BCUT2D eigenvalue weighted by molar-refractivity contribution is 9.09. The van der Waals surface area contributed by atoms with E-state index in [0.717, 1.165) is 24.8 Å². The summed E-state index contributed by atoms with van der Waals surface area (Å²) in [5.41, 5.74) is -0.149. The van der Waals surface area contributed by atoms with E-state index in [4.69, 9.17) is 4.74 Å². The smallest absolute Gasteiger partial charge is 0.245 e. The summed E-state index contributed by atoms with van der Waals surface area (Å²) >= 11 is 3.65. The summed E-state index contributed by atoms with van der Waals surface area (Å²) < 4.78 is 6.43. The number of likely N-dealkylation sites (tertiary alicyclic amines) is 1. The van der Waals surface area contributed by atoms with Gasteiger partial charge in [-0.05, 0) is 24.8 Å². The van der Waals surface area contributed by atoms with Crippen molar-refractivity contribution in [3.8, 4) is 0 Å². The third kappa shape index (κ3) is 4.16. The van der Waals surface area contributed by atoms with Crippen LogP contribution in [0.3, 0.4) is 0 Å². The molecule has 0 saturated carbocycles. The number of halogens is 1. The second kappa shape index (κ2) is 10.3. The third-order valence-corrected chi connectivity index (χ3v) is 8.37. The van der Waals surface area contributed by atoms with E-state index in [1.54, 1.807) is 7.05 Å². The molecule has 7 atom stereocenters. The van der Waals surface area contributed by atoms with Gasteiger partial charge < -0.3 is 25.4 Å². The summed E-state index contributed by atoms with van der Waals surface area (Å²) in [5.74, 6) is -2.29. The molecule has 3 saturated heterocycles. The first-order valence-electron chi connectivity index (χ1n) is 12.2. The number of aliphatic hydroxyl groups is 1. The molecule has 0 aromatic heterocycles. The van der Waals surface area contributed by atoms with Crippen molar-refractivity contribution in [2.75, 3.05) is 20.2 Å². The molecular weight excluding hydrogens is 502 g/mol. The van der Waals surface area contributed by atoms with Gasteiger partial charge in [-0.1, -0.05) is 66.0 Å². The van der Waals surface area contributed by atoms with E-state index in [-0.39, 0.29) is 29.2 Å². The van der Waals surface area contributed by atoms with E-state index < -0.39 is 35.6 Å². The van der Waals surface area contributed by atoms with Crippen LogP contribution in [0.1, 0.15) is 38.2 Å². The molecule has 1 aromatic carbocycles. The normalized spacial score (nSPS) is 32.5. The molecule has 3 aliphatic heterocycles. The number of hydrogen-bond donors (Lipinski definition) is 3. The molecule has 3 fully saturated rings. The highest BCUT2D eigenvalue weighted by Crippen LogP contribution is 2.60. The van der Waals surface area contributed by atoms with Gasteiger partial charge in [-0.3, -0.25) is 14.4 Å². The number of fused-ring (bicyclic) bond motifs is 1. The van der Waals surface area contributed by atoms with Crippen molar-refractivity contribution in [3.05, 3.63) is 35.9 Å². The van der Waals surface area contributed by atoms with E-state index in [1.807, 2.05) is 30.3 Å². The summed E-state index contributed by atoms with van der Waals surface area (Å²) in [6, 6.07) is 8.07. The van der Waals surface area contributed by atoms with E-state index in [9.17, 15) is 19.5 Å². The van der Waals surface area contributed by atoms with Crippen LogP contribution in [0.15, 0.2) is 30.3 Å². The average molecular weight is 536 g/mol. The zero-order valence-electron chi connectivity index (χ0n) is 19.7. The van der Waals surface area contributed by atoms with E-state index in [2.05, 4.69) is 33.5 Å². The molecule has 3 aliphatic rings. The first-order valence-corrected chi connectivity index (χ1v) is 13.1. The summed E-state index contributed by atoms with van der Waals surface area (Å²) in [5, 5.41) is 16.0. The van der Waals surface area contributed by atoms with Gasteiger partial charge in [0.05, 0.1) is 30.6 Å². The van der Waals surface area contributed by atoms with Gasteiger partial charge in [-0.15, -0.1) is 0 Å². The minimum Gasteiger partial charge on any atom is -0.394 e. The lowest BCUT2D eigenvalue weighted by molar-refractivity contribution is -0.145. The number of nitrogens with zero attached hydrogens (tertiary/aromatic N) is 1. The zero-order chi connectivity index (χ0) is 24.5. The number of unbranched alkanes of at least 4 members (excludes halogenated alkanes) is 2. The van der Waals surface area contributed by atoms with Gasteiger partial charge in [0, 0.05) is 18.4 Å². The lowest BCUT2D eigenvalue weighted by atomic mass is 9.70. The topological polar surface area (TPSA) is 108 Å². The molecule has 8 nitrogen and oxygen atoms in total. The molecule has 0 aliphatic carbocycles. The number of carbonyl (C=O) groups excluding carboxylic acids is 3. The van der Waals surface area contributed by atoms with E-state index in [0.29, 0.717) is 19.4 Å². The quantitative estimate of drug-likeness (QED) is 0.310. The molecule has 3 heterocycles. The predicted molar refractivity (Wildman–Crippen MR) is 130 cm³/mol. The standard InChI is InChI=1S/C25H34BrN3O5/c1-3-4-8-11-28-23(32)21-25-13-17(26)20(34-25)18(22(31)27-2)19(25)24(33)29(21)16(14-30)12-15-9-6-5-7-10-15/h5-7,9-10,16-21,30H,3-4,8,11-14H2,1-2H3,(H,27,31)(H,28,32)/t16-,17?,18+,19+,20+,21?,25?/m1/s1. The van der Waals surface area contributed by atoms with Crippen molar-refractivity contribution in [2.45, 2.75) is 67.6 Å². The van der Waals surface area contributed by atoms with Crippen LogP contribution in [0, 0.1) is 11.8 Å². The molecule has 4 rings (SSSR count). The van der Waals surface area contributed by atoms with Crippen LogP contribution in [0.25, 0.3) is 0 Å². The van der Waals surface area contributed by atoms with Crippen molar-refractivity contribution in [3.63, 3.8) is 0 Å². The Bertz CT molecular complexity index is 915. The third-order valence-electron chi connectivity index (χ3n) is 7.52. The van der Waals surface area contributed by atoms with Crippen molar-refractivity contribution in [1.82, 2.24) is 15.5 Å². The van der Waals surface area contributed by atoms with Gasteiger partial charge in [0.25, 0.3) is 0 Å². The summed E-state index contributed by atoms with van der Waals surface area (Å²) in [7, 11) is 1.55. The molecule has 0 radical (unpaired) electrons. The van der Waals surface area contributed by atoms with Gasteiger partial charge in [0.1, 0.15) is 11.6 Å². The van der Waals surface area contributed by atoms with Crippen LogP contribution >= 0.6 is 15.9 Å². The number of rotatable bonds is 10. The molecule has 9 heteroatoms. The number of benzene rings is 1. The number of aliphatic hydroxyl groups excluding tert-OH is 1. The summed E-state index contributed by atoms with van der Waals surface area (Å²) in [6.07, 6.45) is 3.25. The Balaban J connectivity index is 1.71. The second-order valence-electron chi connectivity index (χ2n) is 9.55. The van der Waals surface area contributed by atoms with Crippen LogP contribution in [-0.4, -0.2) is 76.5 Å². The maximum absolute atomic E-state index is 14.0. The Kier molecular flexibility index (Phi) is 7.64. The Morgan fingerprint density at radius 2 is 2.00 bits per heavy atom. The van der Waals surface area contributed by atoms with Crippen molar-refractivity contribution < 1.29 is 24.2 Å². The van der Waals surface area contributed by atoms with Crippen LogP contribution in [0.4, 0.5) is 0 Å². The molecule has 3 unspecified atom stereocenters. The molecule has 1 spiro atoms. The minimum atomic E-state index is -1.11. The fourth-order valence-corrected chi connectivity index (χ4v) is 6.99. The Morgan fingerprint density at radius 1 is 1.26 bits per heavy atom. The number of ether oxygens (including phenoxy) is 1. The molecular formula is C25H34BrN3O5. The van der Waals surface area contributed by atoms with E-state index >= 15 is 0 Å². The van der Waals surface area contributed by atoms with Crippen LogP contribution in [0.5, 0.6) is 0 Å². The van der Waals surface area contributed by atoms with Gasteiger partial charge in [-0.25, -0.2) is 0 Å². The monoisotopic (exact) mass is 535 g/mol. The van der Waals surface area contributed by atoms with Crippen molar-refractivity contribution in [1.29, 1.82) is 0 Å². The molecule has 34 heavy (non-hydrogen) atoms. The van der Waals surface area contributed by atoms with Crippen LogP contribution in [-0.2, 0) is 25.5 Å². The number of alkyl halides is 1. The van der Waals surface area contributed by atoms with Gasteiger partial charge in [-0.2, -0.15) is 0 Å². The fourth-order valence-electron chi connectivity index (χ4n) is 6.05. The number of hydrogen-bond acceptors (Lipinski definition) is 5. The number of nitrogens with one attached hydrogen (secondary N) is 2. The van der Waals surface area contributed by atoms with Gasteiger partial charge in [0.2, 0.25) is 17.7 Å². The minimum absolute atomic E-state index is 0.143. The molecule has 186 valence electrons. The molecule has 2 bridgehead atoms. The lowest BCUT2D eigenvalue weighted by Crippen LogP contribution is -2.58. The highest BCUT2D eigenvalue weighted by Gasteiger charge is 2.76. The first-order chi connectivity index (χ1) is 16.4. The number of carbonyl (C=O) groups is 3.